The first-order valence-corrected chi connectivity index (χ1v) is 8.93. The summed E-state index contributed by atoms with van der Waals surface area (Å²) in [5, 5.41) is 9.80. The Bertz CT molecular complexity index is 718. The van der Waals surface area contributed by atoms with Gasteiger partial charge in [0.2, 0.25) is 0 Å². The van der Waals surface area contributed by atoms with E-state index in [0.29, 0.717) is 19.0 Å². The lowest BCUT2D eigenvalue weighted by Crippen LogP contribution is -2.32. The normalized spacial score (nSPS) is 17.6. The summed E-state index contributed by atoms with van der Waals surface area (Å²) in [6, 6.07) is 3.12. The average molecular weight is 346 g/mol. The summed E-state index contributed by atoms with van der Waals surface area (Å²) in [5.41, 5.74) is 3.13. The number of carbonyl (C=O) groups is 1. The van der Waals surface area contributed by atoms with Gasteiger partial charge in [0.05, 0.1) is 11.2 Å². The van der Waals surface area contributed by atoms with Gasteiger partial charge in [0, 0.05) is 37.3 Å². The molecule has 1 saturated heterocycles. The Hall–Kier alpha value is -1.99. The molecule has 3 heterocycles. The highest BCUT2D eigenvalue weighted by Crippen LogP contribution is 2.23. The maximum atomic E-state index is 12.5. The van der Waals surface area contributed by atoms with Crippen molar-refractivity contribution in [3.05, 3.63) is 40.1 Å². The molecule has 0 aromatic carbocycles. The molecule has 128 valence electrons. The van der Waals surface area contributed by atoms with Crippen LogP contribution in [-0.4, -0.2) is 57.5 Å². The molecule has 0 saturated carbocycles. The molecule has 6 nitrogen and oxygen atoms in total. The molecular weight excluding hydrogens is 324 g/mol. The zero-order valence-electron chi connectivity index (χ0n) is 14.0. The third kappa shape index (κ3) is 3.73. The fraction of sp³-hybridized carbons (Fsp3) is 0.471. The largest absolute Gasteiger partial charge is 0.505 e. The van der Waals surface area contributed by atoms with Crippen molar-refractivity contribution in [1.82, 2.24) is 19.8 Å². The van der Waals surface area contributed by atoms with Crippen molar-refractivity contribution < 1.29 is 9.90 Å². The smallest absolute Gasteiger partial charge is 0.276 e. The summed E-state index contributed by atoms with van der Waals surface area (Å²) < 4.78 is 0. The molecule has 1 atom stereocenters. The number of hydrogen-bond acceptors (Lipinski definition) is 6. The molecule has 7 heteroatoms. The Kier molecular flexibility index (Phi) is 5.11. The van der Waals surface area contributed by atoms with Crippen LogP contribution in [0.4, 0.5) is 0 Å². The van der Waals surface area contributed by atoms with Gasteiger partial charge in [-0.25, -0.2) is 9.97 Å². The lowest BCUT2D eigenvalue weighted by atomic mass is 10.1. The molecule has 0 spiro atoms. The molecule has 1 aliphatic heterocycles. The lowest BCUT2D eigenvalue weighted by Gasteiger charge is -2.21. The van der Waals surface area contributed by atoms with Crippen molar-refractivity contribution in [2.24, 2.45) is 5.92 Å². The van der Waals surface area contributed by atoms with Crippen molar-refractivity contribution in [2.75, 3.05) is 26.7 Å². The van der Waals surface area contributed by atoms with Crippen molar-refractivity contribution in [3.63, 3.8) is 0 Å². The molecule has 2 aromatic rings. The minimum Gasteiger partial charge on any atom is -0.505 e. The molecule has 0 unspecified atom stereocenters. The zero-order valence-corrected chi connectivity index (χ0v) is 14.8. The number of rotatable bonds is 5. The third-order valence-corrected chi connectivity index (χ3v) is 5.31. The first-order valence-electron chi connectivity index (χ1n) is 8.05. The van der Waals surface area contributed by atoms with Crippen LogP contribution in [0.15, 0.2) is 23.8 Å². The monoisotopic (exact) mass is 346 g/mol. The second kappa shape index (κ2) is 7.27. The maximum Gasteiger partial charge on any atom is 0.276 e. The minimum absolute atomic E-state index is 0.0521. The van der Waals surface area contributed by atoms with Crippen LogP contribution in [0.2, 0.25) is 0 Å². The highest BCUT2D eigenvalue weighted by Gasteiger charge is 2.29. The van der Waals surface area contributed by atoms with Gasteiger partial charge in [-0.1, -0.05) is 0 Å². The van der Waals surface area contributed by atoms with E-state index in [1.54, 1.807) is 22.3 Å². The highest BCUT2D eigenvalue weighted by molar-refractivity contribution is 7.09. The third-order valence-electron chi connectivity index (χ3n) is 4.39. The molecule has 0 radical (unpaired) electrons. The second-order valence-electron chi connectivity index (χ2n) is 6.33. The van der Waals surface area contributed by atoms with E-state index >= 15 is 0 Å². The van der Waals surface area contributed by atoms with Crippen molar-refractivity contribution in [1.29, 1.82) is 0 Å². The summed E-state index contributed by atoms with van der Waals surface area (Å²) in [7, 11) is 2.11. The number of aromatic nitrogens is 2. The molecule has 1 N–H and O–H groups in total. The minimum atomic E-state index is -0.184. The SMILES string of the molecule is Cc1ncsc1CN(C)C[C@@H]1CCN(C(=O)c2ncccc2O)C1. The number of pyridine rings is 1. The quantitative estimate of drug-likeness (QED) is 0.898. The van der Waals surface area contributed by atoms with Crippen LogP contribution in [0.25, 0.3) is 0 Å². The Morgan fingerprint density at radius 3 is 3.04 bits per heavy atom. The van der Waals surface area contributed by atoms with E-state index < -0.39 is 0 Å². The summed E-state index contributed by atoms with van der Waals surface area (Å²) in [4.78, 5) is 26.2. The van der Waals surface area contributed by atoms with Crippen LogP contribution >= 0.6 is 11.3 Å². The molecule has 3 rings (SSSR count). The molecule has 24 heavy (non-hydrogen) atoms. The molecule has 1 amide bonds. The molecule has 0 aliphatic carbocycles. The Morgan fingerprint density at radius 2 is 2.33 bits per heavy atom. The number of carbonyl (C=O) groups excluding carboxylic acids is 1. The van der Waals surface area contributed by atoms with Gasteiger partial charge in [0.1, 0.15) is 5.75 Å². The van der Waals surface area contributed by atoms with Crippen molar-refractivity contribution in [3.8, 4) is 5.75 Å². The number of nitrogens with zero attached hydrogens (tertiary/aromatic N) is 4. The van der Waals surface area contributed by atoms with Crippen LogP contribution in [-0.2, 0) is 6.54 Å². The van der Waals surface area contributed by atoms with Gasteiger partial charge in [-0.2, -0.15) is 0 Å². The average Bonchev–Trinajstić information content (AvgIpc) is 3.17. The van der Waals surface area contributed by atoms with E-state index in [1.807, 2.05) is 12.4 Å². The van der Waals surface area contributed by atoms with Gasteiger partial charge in [-0.05, 0) is 38.4 Å². The fourth-order valence-corrected chi connectivity index (χ4v) is 3.96. The maximum absolute atomic E-state index is 12.5. The predicted molar refractivity (Wildman–Crippen MR) is 93.1 cm³/mol. The number of amides is 1. The Balaban J connectivity index is 1.54. The number of likely N-dealkylation sites (tertiary alicyclic amines) is 1. The summed E-state index contributed by atoms with van der Waals surface area (Å²) in [6.45, 7) is 5.29. The van der Waals surface area contributed by atoms with E-state index in [-0.39, 0.29) is 17.4 Å². The van der Waals surface area contributed by atoms with Gasteiger partial charge >= 0.3 is 0 Å². The van der Waals surface area contributed by atoms with Gasteiger partial charge in [-0.3, -0.25) is 4.79 Å². The number of hydrogen-bond donors (Lipinski definition) is 1. The summed E-state index contributed by atoms with van der Waals surface area (Å²) >= 11 is 1.69. The zero-order chi connectivity index (χ0) is 17.1. The second-order valence-corrected chi connectivity index (χ2v) is 7.27. The number of aromatic hydroxyl groups is 1. The standard InChI is InChI=1S/C17H22N4O2S/c1-12-15(24-11-19-12)10-20(2)8-13-5-7-21(9-13)17(23)16-14(22)4-3-6-18-16/h3-4,6,11,13,22H,5,7-10H2,1-2H3/t13-/m0/s1. The first-order chi connectivity index (χ1) is 11.5. The van der Waals surface area contributed by atoms with Crippen LogP contribution in [0.5, 0.6) is 5.75 Å². The van der Waals surface area contributed by atoms with E-state index in [0.717, 1.165) is 25.2 Å². The lowest BCUT2D eigenvalue weighted by molar-refractivity contribution is 0.0775. The molecule has 1 aliphatic rings. The topological polar surface area (TPSA) is 69.6 Å². The van der Waals surface area contributed by atoms with Crippen LogP contribution < -0.4 is 0 Å². The highest BCUT2D eigenvalue weighted by atomic mass is 32.1. The summed E-state index contributed by atoms with van der Waals surface area (Å²) in [5.74, 6) is 0.207. The van der Waals surface area contributed by atoms with Gasteiger partial charge < -0.3 is 14.9 Å². The van der Waals surface area contributed by atoms with Crippen LogP contribution in [0, 0.1) is 12.8 Å². The van der Waals surface area contributed by atoms with Crippen molar-refractivity contribution >= 4 is 17.2 Å². The number of aryl methyl sites for hydroxylation is 1. The van der Waals surface area contributed by atoms with Gasteiger partial charge in [0.25, 0.3) is 5.91 Å². The fourth-order valence-electron chi connectivity index (χ4n) is 3.11. The Labute approximate surface area is 145 Å². The van der Waals surface area contributed by atoms with Crippen LogP contribution in [0.3, 0.4) is 0 Å². The van der Waals surface area contributed by atoms with E-state index in [4.69, 9.17) is 0 Å². The van der Waals surface area contributed by atoms with Gasteiger partial charge in [-0.15, -0.1) is 11.3 Å². The molecule has 0 bridgehead atoms. The first kappa shape index (κ1) is 16.9. The molecule has 2 aromatic heterocycles. The number of thiazole rings is 1. The molecular formula is C17H22N4O2S. The van der Waals surface area contributed by atoms with E-state index in [9.17, 15) is 9.90 Å². The van der Waals surface area contributed by atoms with E-state index in [2.05, 4.69) is 21.9 Å². The predicted octanol–water partition coefficient (Wildman–Crippen LogP) is 2.15. The van der Waals surface area contributed by atoms with Crippen LogP contribution in [0.1, 0.15) is 27.5 Å². The molecule has 1 fully saturated rings. The summed E-state index contributed by atoms with van der Waals surface area (Å²) in [6.07, 6.45) is 2.51. The van der Waals surface area contributed by atoms with E-state index in [1.165, 1.54) is 17.1 Å². The van der Waals surface area contributed by atoms with Gasteiger partial charge in [0.15, 0.2) is 5.69 Å². The Morgan fingerprint density at radius 1 is 1.50 bits per heavy atom. The van der Waals surface area contributed by atoms with Crippen molar-refractivity contribution in [2.45, 2.75) is 19.9 Å².